The summed E-state index contributed by atoms with van der Waals surface area (Å²) in [6.07, 6.45) is 2.69. The fourth-order valence-electron chi connectivity index (χ4n) is 2.86. The lowest BCUT2D eigenvalue weighted by molar-refractivity contribution is 0.156. The normalized spacial score (nSPS) is 20.7. The lowest BCUT2D eigenvalue weighted by atomic mass is 10.00. The molecule has 0 unspecified atom stereocenters. The van der Waals surface area contributed by atoms with E-state index in [9.17, 15) is 0 Å². The van der Waals surface area contributed by atoms with Crippen LogP contribution in [0.25, 0.3) is 0 Å². The highest BCUT2D eigenvalue weighted by Gasteiger charge is 2.37. The second kappa shape index (κ2) is 8.21. The van der Waals surface area contributed by atoms with Crippen molar-refractivity contribution >= 4 is 52.3 Å². The van der Waals surface area contributed by atoms with Crippen molar-refractivity contribution in [2.24, 2.45) is 5.92 Å². The van der Waals surface area contributed by atoms with Gasteiger partial charge in [0.05, 0.1) is 0 Å². The fourth-order valence-corrected chi connectivity index (χ4v) is 3.47. The van der Waals surface area contributed by atoms with Crippen molar-refractivity contribution in [3.8, 4) is 0 Å². The van der Waals surface area contributed by atoms with Crippen LogP contribution in [0.4, 0.5) is 0 Å². The maximum absolute atomic E-state index is 6.42. The number of nitrogens with zero attached hydrogens (tertiary/aromatic N) is 1. The molecule has 2 fully saturated rings. The van der Waals surface area contributed by atoms with Crippen LogP contribution in [0.1, 0.15) is 24.4 Å². The first-order valence-electron chi connectivity index (χ1n) is 6.65. The summed E-state index contributed by atoms with van der Waals surface area (Å²) in [5.41, 5.74) is 1.30. The molecule has 1 aromatic carbocycles. The third-order valence-corrected chi connectivity index (χ3v) is 4.73. The third-order valence-electron chi connectivity index (χ3n) is 3.89. The molecule has 0 bridgehead atoms. The first-order chi connectivity index (χ1) is 8.75. The van der Waals surface area contributed by atoms with E-state index in [1.165, 1.54) is 18.4 Å². The molecule has 6 heteroatoms. The van der Waals surface area contributed by atoms with E-state index in [1.807, 2.05) is 12.1 Å². The van der Waals surface area contributed by atoms with Gasteiger partial charge in [-0.1, -0.05) is 27.5 Å². The maximum Gasteiger partial charge on any atom is 0.0454 e. The Morgan fingerprint density at radius 3 is 2.45 bits per heavy atom. The molecule has 0 spiro atoms. The number of rotatable bonds is 3. The van der Waals surface area contributed by atoms with Crippen molar-refractivity contribution in [1.29, 1.82) is 0 Å². The van der Waals surface area contributed by atoms with Crippen molar-refractivity contribution in [2.75, 3.05) is 26.2 Å². The molecular weight excluding hydrogens is 382 g/mol. The minimum atomic E-state index is 0. The van der Waals surface area contributed by atoms with Crippen LogP contribution in [0.5, 0.6) is 0 Å². The molecule has 2 nitrogen and oxygen atoms in total. The number of nitrogens with one attached hydrogen (secondary N) is 1. The Kier molecular flexibility index (Phi) is 7.61. The molecule has 20 heavy (non-hydrogen) atoms. The van der Waals surface area contributed by atoms with Crippen molar-refractivity contribution < 1.29 is 0 Å². The number of benzene rings is 1. The monoisotopic (exact) mass is 400 g/mol. The Balaban J connectivity index is 0.000001000. The van der Waals surface area contributed by atoms with Gasteiger partial charge in [-0.25, -0.2) is 0 Å². The Hall–Kier alpha value is 0.490. The van der Waals surface area contributed by atoms with Crippen LogP contribution in [0, 0.1) is 5.92 Å². The quantitative estimate of drug-likeness (QED) is 0.811. The van der Waals surface area contributed by atoms with Crippen molar-refractivity contribution in [3.63, 3.8) is 0 Å². The van der Waals surface area contributed by atoms with Gasteiger partial charge in [-0.2, -0.15) is 0 Å². The molecule has 0 aromatic heterocycles. The highest BCUT2D eigenvalue weighted by atomic mass is 79.9. The summed E-state index contributed by atoms with van der Waals surface area (Å²) in [6, 6.07) is 6.75. The first kappa shape index (κ1) is 18.5. The van der Waals surface area contributed by atoms with Crippen LogP contribution in [0.3, 0.4) is 0 Å². The summed E-state index contributed by atoms with van der Waals surface area (Å²) in [5, 5.41) is 4.33. The molecule has 1 atom stereocenters. The Morgan fingerprint density at radius 2 is 1.85 bits per heavy atom. The van der Waals surface area contributed by atoms with Gasteiger partial charge in [-0.3, -0.25) is 4.90 Å². The summed E-state index contributed by atoms with van der Waals surface area (Å²) in [7, 11) is 0. The van der Waals surface area contributed by atoms with E-state index in [4.69, 9.17) is 11.6 Å². The van der Waals surface area contributed by atoms with Gasteiger partial charge in [0.25, 0.3) is 0 Å². The Bertz CT molecular complexity index is 434. The van der Waals surface area contributed by atoms with Gasteiger partial charge in [0.15, 0.2) is 0 Å². The van der Waals surface area contributed by atoms with Crippen molar-refractivity contribution in [2.45, 2.75) is 18.9 Å². The number of halogens is 4. The van der Waals surface area contributed by atoms with Crippen LogP contribution in [-0.2, 0) is 0 Å². The smallest absolute Gasteiger partial charge is 0.0454 e. The maximum atomic E-state index is 6.42. The average Bonchev–Trinajstić information content (AvgIpc) is 3.20. The molecular formula is C14H20BrCl3N2. The molecule has 3 rings (SSSR count). The van der Waals surface area contributed by atoms with E-state index in [1.54, 1.807) is 0 Å². The van der Waals surface area contributed by atoms with E-state index < -0.39 is 0 Å². The van der Waals surface area contributed by atoms with Gasteiger partial charge in [-0.05, 0) is 42.5 Å². The standard InChI is InChI=1S/C14H18BrClN2.2ClH/c15-11-3-4-13(16)12(9-11)14(10-1-2-10)18-7-5-17-6-8-18;;/h3-4,9-10,14,17H,1-2,5-8H2;2*1H/t14-;;/m1../s1. The molecule has 1 aliphatic carbocycles. The number of piperazine rings is 1. The van der Waals surface area contributed by atoms with Crippen molar-refractivity contribution in [1.82, 2.24) is 10.2 Å². The lowest BCUT2D eigenvalue weighted by Gasteiger charge is -2.36. The molecule has 114 valence electrons. The first-order valence-corrected chi connectivity index (χ1v) is 7.82. The van der Waals surface area contributed by atoms with Gasteiger partial charge in [0.1, 0.15) is 0 Å². The van der Waals surface area contributed by atoms with Crippen molar-refractivity contribution in [3.05, 3.63) is 33.3 Å². The number of hydrogen-bond acceptors (Lipinski definition) is 2. The topological polar surface area (TPSA) is 15.3 Å². The third kappa shape index (κ3) is 4.25. The highest BCUT2D eigenvalue weighted by Crippen LogP contribution is 2.46. The van der Waals surface area contributed by atoms with E-state index >= 15 is 0 Å². The molecule has 1 aliphatic heterocycles. The highest BCUT2D eigenvalue weighted by molar-refractivity contribution is 9.10. The molecule has 1 saturated carbocycles. The summed E-state index contributed by atoms with van der Waals surface area (Å²) in [4.78, 5) is 2.60. The van der Waals surface area contributed by atoms with Crippen LogP contribution >= 0.6 is 52.3 Å². The minimum absolute atomic E-state index is 0. The van der Waals surface area contributed by atoms with E-state index in [0.29, 0.717) is 6.04 Å². The molecule has 1 aromatic rings. The second-order valence-electron chi connectivity index (χ2n) is 5.23. The molecule has 0 amide bonds. The second-order valence-corrected chi connectivity index (χ2v) is 6.56. The lowest BCUT2D eigenvalue weighted by Crippen LogP contribution is -2.45. The van der Waals surface area contributed by atoms with E-state index in [-0.39, 0.29) is 24.8 Å². The van der Waals surface area contributed by atoms with Crippen LogP contribution in [0.2, 0.25) is 5.02 Å². The van der Waals surface area contributed by atoms with Crippen LogP contribution in [0.15, 0.2) is 22.7 Å². The van der Waals surface area contributed by atoms with Crippen LogP contribution in [-0.4, -0.2) is 31.1 Å². The fraction of sp³-hybridized carbons (Fsp3) is 0.571. The molecule has 1 N–H and O–H groups in total. The van der Waals surface area contributed by atoms with Gasteiger partial charge in [0, 0.05) is 41.7 Å². The SMILES string of the molecule is Cl.Cl.Clc1ccc(Br)cc1[C@@H](C1CC1)N1CCNCC1. The van der Waals surface area contributed by atoms with Gasteiger partial charge >= 0.3 is 0 Å². The average molecular weight is 403 g/mol. The zero-order valence-electron chi connectivity index (χ0n) is 11.1. The summed E-state index contributed by atoms with van der Waals surface area (Å²) < 4.78 is 1.13. The largest absolute Gasteiger partial charge is 0.314 e. The molecule has 0 radical (unpaired) electrons. The van der Waals surface area contributed by atoms with E-state index in [0.717, 1.165) is 41.6 Å². The molecule has 1 saturated heterocycles. The predicted octanol–water partition coefficient (Wildman–Crippen LogP) is 4.30. The Morgan fingerprint density at radius 1 is 1.20 bits per heavy atom. The minimum Gasteiger partial charge on any atom is -0.314 e. The number of hydrogen-bond donors (Lipinski definition) is 1. The van der Waals surface area contributed by atoms with Crippen LogP contribution < -0.4 is 5.32 Å². The van der Waals surface area contributed by atoms with Gasteiger partial charge in [0.2, 0.25) is 0 Å². The van der Waals surface area contributed by atoms with Gasteiger partial charge in [-0.15, -0.1) is 24.8 Å². The summed E-state index contributed by atoms with van der Waals surface area (Å²) in [6.45, 7) is 4.44. The summed E-state index contributed by atoms with van der Waals surface area (Å²) >= 11 is 9.99. The van der Waals surface area contributed by atoms with Gasteiger partial charge < -0.3 is 5.32 Å². The van der Waals surface area contributed by atoms with E-state index in [2.05, 4.69) is 32.2 Å². The molecule has 1 heterocycles. The zero-order valence-corrected chi connectivity index (χ0v) is 15.1. The summed E-state index contributed by atoms with van der Waals surface area (Å²) in [5.74, 6) is 0.801. The Labute approximate surface area is 146 Å². The predicted molar refractivity (Wildman–Crippen MR) is 93.6 cm³/mol. The molecule has 2 aliphatic rings. The zero-order chi connectivity index (χ0) is 12.5.